The molecule has 0 radical (unpaired) electrons. The number of nitrogens with one attached hydrogen (secondary N) is 1. The minimum Gasteiger partial charge on any atom is -0.485 e. The summed E-state index contributed by atoms with van der Waals surface area (Å²) in [6.45, 7) is 8.75. The number of methoxy groups -OCH3 is 1. The largest absolute Gasteiger partial charge is 0.485 e. The average molecular weight is 512 g/mol. The van der Waals surface area contributed by atoms with Crippen LogP contribution in [0, 0.1) is 0 Å². The molecular formula is C30H42FN3O3. The van der Waals surface area contributed by atoms with Gasteiger partial charge in [0.1, 0.15) is 28.6 Å². The number of nitrogens with zero attached hydrogens (tertiary/aromatic N) is 2. The fourth-order valence-corrected chi connectivity index (χ4v) is 5.61. The van der Waals surface area contributed by atoms with Crippen molar-refractivity contribution in [3.8, 4) is 5.75 Å². The van der Waals surface area contributed by atoms with Gasteiger partial charge >= 0.3 is 0 Å². The molecule has 2 aliphatic heterocycles. The molecule has 4 rings (SSSR count). The van der Waals surface area contributed by atoms with Gasteiger partial charge < -0.3 is 19.6 Å². The summed E-state index contributed by atoms with van der Waals surface area (Å²) in [5.74, 6) is 1.84. The minimum absolute atomic E-state index is 0.0117. The number of aryl methyl sites for hydroxylation is 2. The van der Waals surface area contributed by atoms with E-state index in [1.165, 1.54) is 5.56 Å². The molecule has 0 bridgehead atoms. The van der Waals surface area contributed by atoms with Crippen LogP contribution in [0.3, 0.4) is 0 Å². The Kier molecular flexibility index (Phi) is 8.86. The second-order valence-electron chi connectivity index (χ2n) is 11.4. The topological polar surface area (TPSA) is 63.7 Å². The fourth-order valence-electron chi connectivity index (χ4n) is 5.61. The number of halogens is 1. The minimum atomic E-state index is -1.24. The zero-order chi connectivity index (χ0) is 26.5. The Labute approximate surface area is 220 Å². The summed E-state index contributed by atoms with van der Waals surface area (Å²) in [5.41, 5.74) is 1.55. The zero-order valence-corrected chi connectivity index (χ0v) is 22.8. The number of likely N-dealkylation sites (tertiary alicyclic amines) is 1. The van der Waals surface area contributed by atoms with Crippen LogP contribution in [0.2, 0.25) is 0 Å². The maximum absolute atomic E-state index is 15.8. The van der Waals surface area contributed by atoms with Crippen molar-refractivity contribution in [1.29, 1.82) is 0 Å². The number of ether oxygens (including phenoxy) is 2. The van der Waals surface area contributed by atoms with E-state index in [4.69, 9.17) is 14.5 Å². The lowest BCUT2D eigenvalue weighted by Crippen LogP contribution is -2.34. The van der Waals surface area contributed by atoms with Crippen molar-refractivity contribution in [2.75, 3.05) is 45.2 Å². The second kappa shape index (κ2) is 11.9. The normalized spacial score (nSPS) is 20.8. The molecule has 0 saturated carbocycles. The number of fused-ring (bicyclic) bond motifs is 1. The number of benzene rings is 1. The monoisotopic (exact) mass is 511 g/mol. The summed E-state index contributed by atoms with van der Waals surface area (Å²) < 4.78 is 27.3. The van der Waals surface area contributed by atoms with Crippen molar-refractivity contribution < 1.29 is 18.7 Å². The van der Waals surface area contributed by atoms with Crippen molar-refractivity contribution in [3.05, 3.63) is 53.2 Å². The Bertz CT molecular complexity index is 1080. The standard InChI is InChI=1S/C30H42FN3O3/c1-22(35)17-25(24-7-5-9-27(18-24)37-29(2,3)21-36-4)19-34-16-14-30(31,20-34)13-12-26-11-10-23-8-6-15-32-28(23)33-26/h5,7,9-11,18,25H,6,8,12-17,19-21H2,1-4H3,(H,32,33)/t25-,30+/m1/s1. The molecule has 7 heteroatoms. The summed E-state index contributed by atoms with van der Waals surface area (Å²) in [6.07, 6.45) is 4.21. The first-order valence-corrected chi connectivity index (χ1v) is 13.6. The third-order valence-electron chi connectivity index (χ3n) is 7.39. The lowest BCUT2D eigenvalue weighted by atomic mass is 9.93. The molecule has 202 valence electrons. The molecule has 0 spiro atoms. The molecule has 1 saturated heterocycles. The number of alkyl halides is 1. The van der Waals surface area contributed by atoms with Gasteiger partial charge in [-0.2, -0.15) is 0 Å². The second-order valence-corrected chi connectivity index (χ2v) is 11.4. The average Bonchev–Trinajstić information content (AvgIpc) is 3.22. The van der Waals surface area contributed by atoms with Gasteiger partial charge in [0.2, 0.25) is 0 Å². The third-order valence-corrected chi connectivity index (χ3v) is 7.39. The van der Waals surface area contributed by atoms with Gasteiger partial charge in [0, 0.05) is 51.3 Å². The van der Waals surface area contributed by atoms with E-state index < -0.39 is 11.3 Å². The lowest BCUT2D eigenvalue weighted by Gasteiger charge is -2.28. The number of pyridine rings is 1. The molecule has 1 aromatic heterocycles. The highest BCUT2D eigenvalue weighted by Crippen LogP contribution is 2.34. The molecule has 1 N–H and O–H groups in total. The number of Topliss-reactive ketones (excluding diaryl/α,β-unsaturated/α-hetero) is 1. The van der Waals surface area contributed by atoms with Crippen LogP contribution in [-0.4, -0.2) is 66.8 Å². The van der Waals surface area contributed by atoms with Gasteiger partial charge in [-0.05, 0) is 82.2 Å². The predicted octanol–water partition coefficient (Wildman–Crippen LogP) is 5.35. The van der Waals surface area contributed by atoms with Crippen LogP contribution in [0.25, 0.3) is 0 Å². The summed E-state index contributed by atoms with van der Waals surface area (Å²) in [5, 5.41) is 3.37. The van der Waals surface area contributed by atoms with Crippen LogP contribution in [-0.2, 0) is 22.4 Å². The summed E-state index contributed by atoms with van der Waals surface area (Å²) >= 11 is 0. The fraction of sp³-hybridized carbons (Fsp3) is 0.600. The highest BCUT2D eigenvalue weighted by Gasteiger charge is 2.39. The van der Waals surface area contributed by atoms with E-state index in [0.29, 0.717) is 51.9 Å². The molecule has 0 amide bonds. The number of carbonyl (C=O) groups is 1. The van der Waals surface area contributed by atoms with Gasteiger partial charge in [0.15, 0.2) is 0 Å². The van der Waals surface area contributed by atoms with E-state index in [2.05, 4.69) is 16.3 Å². The van der Waals surface area contributed by atoms with Crippen molar-refractivity contribution >= 4 is 11.6 Å². The van der Waals surface area contributed by atoms with Gasteiger partial charge in [0.05, 0.1) is 6.61 Å². The van der Waals surface area contributed by atoms with Crippen LogP contribution in [0.5, 0.6) is 5.75 Å². The number of anilines is 1. The van der Waals surface area contributed by atoms with E-state index in [9.17, 15) is 4.79 Å². The highest BCUT2D eigenvalue weighted by molar-refractivity contribution is 5.76. The van der Waals surface area contributed by atoms with Gasteiger partial charge in [-0.1, -0.05) is 18.2 Å². The molecular weight excluding hydrogens is 469 g/mol. The number of ketones is 1. The van der Waals surface area contributed by atoms with Crippen LogP contribution in [0.4, 0.5) is 10.2 Å². The molecule has 1 aromatic carbocycles. The van der Waals surface area contributed by atoms with Crippen LogP contribution in [0.1, 0.15) is 69.2 Å². The van der Waals surface area contributed by atoms with E-state index in [-0.39, 0.29) is 11.7 Å². The van der Waals surface area contributed by atoms with Crippen LogP contribution < -0.4 is 10.1 Å². The SMILES string of the molecule is COCC(C)(C)Oc1cccc([C@H](CC(C)=O)CN2CC[C@@](F)(CCc3ccc4c(n3)NCCC4)C2)c1. The maximum Gasteiger partial charge on any atom is 0.130 e. The maximum atomic E-state index is 15.8. The predicted molar refractivity (Wildman–Crippen MR) is 145 cm³/mol. The Morgan fingerprint density at radius 1 is 1.30 bits per heavy atom. The van der Waals surface area contributed by atoms with E-state index in [1.54, 1.807) is 14.0 Å². The summed E-state index contributed by atoms with van der Waals surface area (Å²) in [4.78, 5) is 19.1. The molecule has 2 aliphatic rings. The van der Waals surface area contributed by atoms with E-state index in [1.807, 2.05) is 44.2 Å². The first-order chi connectivity index (χ1) is 17.6. The smallest absolute Gasteiger partial charge is 0.130 e. The van der Waals surface area contributed by atoms with E-state index in [0.717, 1.165) is 42.2 Å². The van der Waals surface area contributed by atoms with E-state index >= 15 is 4.39 Å². The molecule has 2 aromatic rings. The zero-order valence-electron chi connectivity index (χ0n) is 22.8. The van der Waals surface area contributed by atoms with Crippen molar-refractivity contribution in [3.63, 3.8) is 0 Å². The molecule has 0 aliphatic carbocycles. The molecule has 6 nitrogen and oxygen atoms in total. The van der Waals surface area contributed by atoms with Crippen LogP contribution in [0.15, 0.2) is 36.4 Å². The molecule has 1 fully saturated rings. The Morgan fingerprint density at radius 3 is 2.92 bits per heavy atom. The quantitative estimate of drug-likeness (QED) is 0.414. The summed E-state index contributed by atoms with van der Waals surface area (Å²) in [6, 6.07) is 12.1. The first-order valence-electron chi connectivity index (χ1n) is 13.6. The number of carbonyl (C=O) groups excluding carboxylic acids is 1. The van der Waals surface area contributed by atoms with Crippen molar-refractivity contribution in [1.82, 2.24) is 9.88 Å². The summed E-state index contributed by atoms with van der Waals surface area (Å²) in [7, 11) is 1.66. The van der Waals surface area contributed by atoms with Crippen LogP contribution >= 0.6 is 0 Å². The molecule has 3 heterocycles. The van der Waals surface area contributed by atoms with Gasteiger partial charge in [0.25, 0.3) is 0 Å². The van der Waals surface area contributed by atoms with Gasteiger partial charge in [-0.15, -0.1) is 0 Å². The molecule has 0 unspecified atom stereocenters. The lowest BCUT2D eigenvalue weighted by molar-refractivity contribution is -0.117. The third kappa shape index (κ3) is 7.74. The number of rotatable bonds is 12. The molecule has 37 heavy (non-hydrogen) atoms. The van der Waals surface area contributed by atoms with Crippen molar-refractivity contribution in [2.45, 2.75) is 76.5 Å². The Hall–Kier alpha value is -2.51. The number of hydrogen-bond acceptors (Lipinski definition) is 6. The number of aromatic nitrogens is 1. The first kappa shape index (κ1) is 27.5. The number of hydrogen-bond donors (Lipinski definition) is 1. The Morgan fingerprint density at radius 2 is 2.14 bits per heavy atom. The Balaban J connectivity index is 1.38. The highest BCUT2D eigenvalue weighted by atomic mass is 19.1. The van der Waals surface area contributed by atoms with Crippen molar-refractivity contribution in [2.24, 2.45) is 0 Å². The van der Waals surface area contributed by atoms with Gasteiger partial charge in [-0.3, -0.25) is 4.90 Å². The van der Waals surface area contributed by atoms with Gasteiger partial charge in [-0.25, -0.2) is 9.37 Å². The molecule has 2 atom stereocenters.